The minimum atomic E-state index is -0.689. The predicted octanol–water partition coefficient (Wildman–Crippen LogP) is 8.60. The molecular weight excluding hydrogens is 1210 g/mol. The minimum absolute atomic E-state index is 0. The van der Waals surface area contributed by atoms with Gasteiger partial charge in [0, 0.05) is 116 Å². The highest BCUT2D eigenvalue weighted by molar-refractivity contribution is 6.05. The molecule has 2 aromatic heterocycles. The average molecular weight is 1290 g/mol. The molecule has 2 aliphatic heterocycles. The van der Waals surface area contributed by atoms with Crippen molar-refractivity contribution in [2.75, 3.05) is 64.1 Å². The quantitative estimate of drug-likeness (QED) is 0.0464. The van der Waals surface area contributed by atoms with Gasteiger partial charge in [-0.3, -0.25) is 42.7 Å². The van der Waals surface area contributed by atoms with E-state index in [4.69, 9.17) is 15.2 Å². The van der Waals surface area contributed by atoms with Gasteiger partial charge in [0.2, 0.25) is 11.8 Å². The fraction of sp³-hybridized carbons (Fsp3) is 0.310. The van der Waals surface area contributed by atoms with Gasteiger partial charge in [0.15, 0.2) is 6.29 Å². The van der Waals surface area contributed by atoms with E-state index in [0.717, 1.165) is 104 Å². The van der Waals surface area contributed by atoms with E-state index in [1.807, 2.05) is 98.2 Å². The topological polar surface area (TPSA) is 260 Å². The number of likely N-dealkylation sites (tertiary alicyclic amines) is 2. The van der Waals surface area contributed by atoms with Crippen LogP contribution in [0.15, 0.2) is 129 Å². The molecule has 0 unspecified atom stereocenters. The molecule has 4 heterocycles. The van der Waals surface area contributed by atoms with Gasteiger partial charge >= 0.3 is 11.4 Å². The number of anilines is 2. The van der Waals surface area contributed by atoms with E-state index in [9.17, 15) is 47.5 Å². The predicted molar refractivity (Wildman–Crippen MR) is 361 cm³/mol. The molecule has 5 N–H and O–H groups in total. The SMILES string of the molecule is C.COc1cc(-c2cccc(-c3cccc(NC(=O)c4cn(C)c(=O)n(C)c4=O)c3C)c2C)cc(F)c1C=O.COc1cc(-c2cccc(-c3cccc(NC(=O)c4cn(C)c(=O)n(C)c4=O)c3C)c2C)cc(F)c1CNCCN1CCCC1=O.NCCN1CCCC1=O. The van der Waals surface area contributed by atoms with Crippen LogP contribution >= 0.6 is 0 Å². The number of nitrogens with one attached hydrogen (secondary N) is 3. The number of halogens is 2. The van der Waals surface area contributed by atoms with Crippen LogP contribution in [0.2, 0.25) is 0 Å². The van der Waals surface area contributed by atoms with Crippen molar-refractivity contribution in [1.82, 2.24) is 33.4 Å². The van der Waals surface area contributed by atoms with Crippen molar-refractivity contribution in [2.45, 2.75) is 67.3 Å². The number of nitrogens with zero attached hydrogens (tertiary/aromatic N) is 6. The number of aldehydes is 1. The first-order chi connectivity index (χ1) is 44.4. The molecule has 4 amide bonds. The molecule has 0 spiro atoms. The third-order valence-electron chi connectivity index (χ3n) is 16.8. The van der Waals surface area contributed by atoms with Crippen LogP contribution < -0.4 is 53.7 Å². The Morgan fingerprint density at radius 2 is 0.968 bits per heavy atom. The van der Waals surface area contributed by atoms with E-state index in [1.165, 1.54) is 76.1 Å². The van der Waals surface area contributed by atoms with Gasteiger partial charge in [0.1, 0.15) is 34.3 Å². The summed E-state index contributed by atoms with van der Waals surface area (Å²) < 4.78 is 45.1. The average Bonchev–Trinajstić information content (AvgIpc) is 0.893. The summed E-state index contributed by atoms with van der Waals surface area (Å²) in [4.78, 5) is 113. The van der Waals surface area contributed by atoms with Gasteiger partial charge < -0.3 is 50.1 Å². The van der Waals surface area contributed by atoms with E-state index in [-0.39, 0.29) is 48.2 Å². The highest BCUT2D eigenvalue weighted by atomic mass is 19.1. The summed E-state index contributed by atoms with van der Waals surface area (Å²) >= 11 is 0. The molecule has 6 aromatic carbocycles. The Morgan fingerprint density at radius 1 is 0.564 bits per heavy atom. The number of benzene rings is 6. The first-order valence-electron chi connectivity index (χ1n) is 30.2. The molecule has 8 aromatic rings. The van der Waals surface area contributed by atoms with E-state index >= 15 is 4.39 Å². The number of rotatable bonds is 18. The zero-order valence-electron chi connectivity index (χ0n) is 53.8. The van der Waals surface area contributed by atoms with Gasteiger partial charge in [0.25, 0.3) is 22.9 Å². The molecule has 10 rings (SSSR count). The number of nitrogens with two attached hydrogens (primary N) is 1. The van der Waals surface area contributed by atoms with Crippen molar-refractivity contribution in [3.8, 4) is 56.0 Å². The summed E-state index contributed by atoms with van der Waals surface area (Å²) in [6, 6.07) is 28.6. The molecule has 2 aliphatic rings. The first kappa shape index (κ1) is 71.1. The first-order valence-corrected chi connectivity index (χ1v) is 30.2. The third kappa shape index (κ3) is 15.4. The molecule has 0 aliphatic carbocycles. The Labute approximate surface area is 543 Å². The van der Waals surface area contributed by atoms with Gasteiger partial charge in [-0.15, -0.1) is 0 Å². The maximum Gasteiger partial charge on any atom is 0.330 e. The zero-order chi connectivity index (χ0) is 67.5. The number of aromatic nitrogens is 4. The molecule has 0 bridgehead atoms. The Bertz CT molecular complexity index is 4480. The minimum Gasteiger partial charge on any atom is -0.496 e. The zero-order valence-corrected chi connectivity index (χ0v) is 53.8. The Hall–Kier alpha value is -10.4. The molecule has 0 radical (unpaired) electrons. The molecule has 23 heteroatoms. The molecule has 94 heavy (non-hydrogen) atoms. The number of hydrogen-bond acceptors (Lipinski definition) is 13. The monoisotopic (exact) mass is 1290 g/mol. The second-order valence-corrected chi connectivity index (χ2v) is 22.7. The van der Waals surface area contributed by atoms with Crippen LogP contribution in [0.4, 0.5) is 20.2 Å². The van der Waals surface area contributed by atoms with Crippen LogP contribution in [0.3, 0.4) is 0 Å². The van der Waals surface area contributed by atoms with Crippen molar-refractivity contribution in [2.24, 2.45) is 33.9 Å². The molecule has 21 nitrogen and oxygen atoms in total. The molecule has 2 saturated heterocycles. The smallest absolute Gasteiger partial charge is 0.330 e. The molecule has 494 valence electrons. The number of ether oxygens (including phenoxy) is 2. The van der Waals surface area contributed by atoms with Crippen LogP contribution in [-0.4, -0.2) is 111 Å². The maximum atomic E-state index is 15.5. The Kier molecular flexibility index (Phi) is 23.7. The lowest BCUT2D eigenvalue weighted by molar-refractivity contribution is -0.128. The largest absolute Gasteiger partial charge is 0.496 e. The summed E-state index contributed by atoms with van der Waals surface area (Å²) in [6.07, 6.45) is 6.08. The summed E-state index contributed by atoms with van der Waals surface area (Å²) in [7, 11) is 8.48. The fourth-order valence-corrected chi connectivity index (χ4v) is 11.5. The number of amides is 4. The fourth-order valence-electron chi connectivity index (χ4n) is 11.5. The second-order valence-electron chi connectivity index (χ2n) is 22.7. The van der Waals surface area contributed by atoms with Crippen molar-refractivity contribution >= 4 is 41.3 Å². The normalized spacial score (nSPS) is 12.5. The van der Waals surface area contributed by atoms with Crippen LogP contribution in [-0.2, 0) is 44.3 Å². The summed E-state index contributed by atoms with van der Waals surface area (Å²) in [5.41, 5.74) is 13.3. The highest BCUT2D eigenvalue weighted by Crippen LogP contribution is 2.40. The molecule has 0 atom stereocenters. The summed E-state index contributed by atoms with van der Waals surface area (Å²) in [6.45, 7) is 12.0. The van der Waals surface area contributed by atoms with Crippen LogP contribution in [0.1, 0.15) is 92.0 Å². The molecule has 2 fully saturated rings. The highest BCUT2D eigenvalue weighted by Gasteiger charge is 2.24. The van der Waals surface area contributed by atoms with Crippen molar-refractivity contribution in [3.05, 3.63) is 207 Å². The van der Waals surface area contributed by atoms with Crippen molar-refractivity contribution in [3.63, 3.8) is 0 Å². The lowest BCUT2D eigenvalue weighted by Crippen LogP contribution is -2.40. The van der Waals surface area contributed by atoms with Gasteiger partial charge in [-0.05, 0) is 144 Å². The van der Waals surface area contributed by atoms with Gasteiger partial charge in [-0.25, -0.2) is 18.4 Å². The standard InChI is InChI=1S/C35H38FN5O5.C29H26FN3O5.C6H12N2O.CH4/c1-21-24(23-17-29(36)27(31(18-23)46-5)19-37-14-16-41-15-8-13-32(41)42)9-6-10-25(21)26-11-7-12-30(22(26)2)38-33(43)28-20-39(3)35(45)40(4)34(28)44;1-16-19(18-12-24(30)23(15-34)26(13-18)38-5)8-6-9-20(16)21-10-7-11-25(17(21)2)31-27(35)22-14-32(3)29(37)33(4)28(22)36;7-3-5-8-4-1-2-6(8)9;/h6-7,9-12,17-18,20,37H,8,13-16,19H2,1-5H3,(H,38,43);6-15H,1-5H3,(H,31,35);1-5,7H2;1H4. The van der Waals surface area contributed by atoms with Crippen LogP contribution in [0, 0.1) is 39.3 Å². The van der Waals surface area contributed by atoms with E-state index in [1.54, 1.807) is 24.3 Å². The Morgan fingerprint density at radius 3 is 1.38 bits per heavy atom. The number of methoxy groups -OCH3 is 2. The number of carbonyl (C=O) groups excluding carboxylic acids is 5. The van der Waals surface area contributed by atoms with E-state index in [0.29, 0.717) is 66.2 Å². The van der Waals surface area contributed by atoms with Crippen LogP contribution in [0.25, 0.3) is 44.5 Å². The van der Waals surface area contributed by atoms with Crippen LogP contribution in [0.5, 0.6) is 11.5 Å². The lowest BCUT2D eigenvalue weighted by atomic mass is 9.90. The lowest BCUT2D eigenvalue weighted by Gasteiger charge is -2.18. The van der Waals surface area contributed by atoms with E-state index < -0.39 is 45.9 Å². The summed E-state index contributed by atoms with van der Waals surface area (Å²) in [5, 5.41) is 8.85. The van der Waals surface area contributed by atoms with Gasteiger partial charge in [0.05, 0.1) is 19.8 Å². The summed E-state index contributed by atoms with van der Waals surface area (Å²) in [5.74, 6) is -1.33. The number of carbonyl (C=O) groups is 5. The van der Waals surface area contributed by atoms with Gasteiger partial charge in [-0.2, -0.15) is 0 Å². The van der Waals surface area contributed by atoms with Crippen molar-refractivity contribution in [1.29, 1.82) is 0 Å². The number of hydrogen-bond donors (Lipinski definition) is 4. The molecular formula is C71H80F2N10O11. The maximum absolute atomic E-state index is 15.5. The third-order valence-corrected chi connectivity index (χ3v) is 16.8. The Balaban J connectivity index is 0.000000235. The number of aryl methyl sites for hydroxylation is 2. The van der Waals surface area contributed by atoms with Crippen molar-refractivity contribution < 1.29 is 42.2 Å². The molecule has 0 saturated carbocycles. The second kappa shape index (κ2) is 31.3. The van der Waals surface area contributed by atoms with Gasteiger partial charge in [-0.1, -0.05) is 68.1 Å². The van der Waals surface area contributed by atoms with E-state index in [2.05, 4.69) is 16.0 Å².